The van der Waals surface area contributed by atoms with Gasteiger partial charge in [0.25, 0.3) is 5.91 Å². The maximum Gasteiger partial charge on any atom is 0.287 e. The van der Waals surface area contributed by atoms with Gasteiger partial charge >= 0.3 is 0 Å². The Balaban J connectivity index is 1.38. The third kappa shape index (κ3) is 4.68. The summed E-state index contributed by atoms with van der Waals surface area (Å²) in [5, 5.41) is 2.83. The molecule has 0 saturated heterocycles. The summed E-state index contributed by atoms with van der Waals surface area (Å²) < 4.78 is 11.3. The second-order valence-electron chi connectivity index (χ2n) is 6.23. The molecule has 1 aliphatic carbocycles. The fourth-order valence-electron chi connectivity index (χ4n) is 3.06. The molecule has 5 heteroatoms. The van der Waals surface area contributed by atoms with Gasteiger partial charge in [-0.05, 0) is 43.0 Å². The highest BCUT2D eigenvalue weighted by Gasteiger charge is 2.14. The molecule has 0 aromatic carbocycles. The molecule has 1 N–H and O–H groups in total. The van der Waals surface area contributed by atoms with E-state index in [-0.39, 0.29) is 5.91 Å². The van der Waals surface area contributed by atoms with Crippen LogP contribution in [0.5, 0.6) is 0 Å². The number of nitrogens with zero attached hydrogens (tertiary/aromatic N) is 1. The molecule has 0 radical (unpaired) electrons. The lowest BCUT2D eigenvalue weighted by Crippen LogP contribution is -2.27. The topological polar surface area (TPSA) is 64.4 Å². The lowest BCUT2D eigenvalue weighted by molar-refractivity contribution is 0.0783. The van der Waals surface area contributed by atoms with Crippen molar-refractivity contribution in [1.82, 2.24) is 10.3 Å². The third-order valence-electron chi connectivity index (χ3n) is 4.40. The van der Waals surface area contributed by atoms with Crippen LogP contribution in [0, 0.1) is 5.92 Å². The molecular formula is C19H24N2O3. The lowest BCUT2D eigenvalue weighted by Gasteiger charge is -2.21. The zero-order valence-corrected chi connectivity index (χ0v) is 13.9. The van der Waals surface area contributed by atoms with Gasteiger partial charge in [-0.2, -0.15) is 0 Å². The van der Waals surface area contributed by atoms with Crippen molar-refractivity contribution in [2.75, 3.05) is 19.8 Å². The Labute approximate surface area is 142 Å². The molecule has 0 atom stereocenters. The van der Waals surface area contributed by atoms with E-state index < -0.39 is 0 Å². The number of carbonyl (C=O) groups excluding carboxylic acids is 1. The molecule has 0 spiro atoms. The van der Waals surface area contributed by atoms with E-state index in [9.17, 15) is 4.79 Å². The van der Waals surface area contributed by atoms with Gasteiger partial charge < -0.3 is 14.5 Å². The van der Waals surface area contributed by atoms with Crippen molar-refractivity contribution in [3.05, 3.63) is 42.4 Å². The van der Waals surface area contributed by atoms with Crippen LogP contribution >= 0.6 is 0 Å². The fraction of sp³-hybridized carbons (Fsp3) is 0.474. The van der Waals surface area contributed by atoms with Gasteiger partial charge in [-0.1, -0.05) is 19.3 Å². The molecule has 2 aromatic rings. The van der Waals surface area contributed by atoms with Gasteiger partial charge in [0.1, 0.15) is 5.76 Å². The number of pyridine rings is 1. The number of aromatic nitrogens is 1. The van der Waals surface area contributed by atoms with E-state index in [1.165, 1.54) is 32.1 Å². The standard InChI is InChI=1S/C19H24N2O3/c22-19(21-12-13-23-14-15-4-2-1-3-5-15)18-7-6-17(24-18)16-8-10-20-11-9-16/h6-11,15H,1-5,12-14H2,(H,21,22). The number of amides is 1. The number of furan rings is 1. The fourth-order valence-corrected chi connectivity index (χ4v) is 3.06. The summed E-state index contributed by atoms with van der Waals surface area (Å²) in [4.78, 5) is 16.1. The first kappa shape index (κ1) is 16.7. The number of carbonyl (C=O) groups is 1. The molecule has 1 saturated carbocycles. The minimum atomic E-state index is -0.212. The minimum Gasteiger partial charge on any atom is -0.451 e. The van der Waals surface area contributed by atoms with E-state index in [1.54, 1.807) is 24.5 Å². The molecule has 0 aliphatic heterocycles. The highest BCUT2D eigenvalue weighted by molar-refractivity contribution is 5.92. The van der Waals surface area contributed by atoms with Crippen molar-refractivity contribution < 1.29 is 13.9 Å². The highest BCUT2D eigenvalue weighted by Crippen LogP contribution is 2.23. The molecule has 5 nitrogen and oxygen atoms in total. The first-order valence-corrected chi connectivity index (χ1v) is 8.69. The molecule has 1 amide bonds. The van der Waals surface area contributed by atoms with Gasteiger partial charge in [-0.3, -0.25) is 9.78 Å². The molecule has 2 heterocycles. The summed E-state index contributed by atoms with van der Waals surface area (Å²) in [6.07, 6.45) is 9.94. The number of hydrogen-bond donors (Lipinski definition) is 1. The average Bonchev–Trinajstić information content (AvgIpc) is 3.13. The van der Waals surface area contributed by atoms with E-state index in [0.717, 1.165) is 12.2 Å². The van der Waals surface area contributed by atoms with Crippen molar-refractivity contribution in [3.63, 3.8) is 0 Å². The van der Waals surface area contributed by atoms with Gasteiger partial charge in [0.15, 0.2) is 5.76 Å². The van der Waals surface area contributed by atoms with E-state index in [4.69, 9.17) is 9.15 Å². The average molecular weight is 328 g/mol. The van der Waals surface area contributed by atoms with Crippen LogP contribution in [0.25, 0.3) is 11.3 Å². The predicted molar refractivity (Wildman–Crippen MR) is 91.7 cm³/mol. The van der Waals surface area contributed by atoms with Crippen LogP contribution in [0.3, 0.4) is 0 Å². The number of ether oxygens (including phenoxy) is 1. The Morgan fingerprint density at radius 3 is 2.75 bits per heavy atom. The van der Waals surface area contributed by atoms with Crippen LogP contribution in [0.2, 0.25) is 0 Å². The van der Waals surface area contributed by atoms with Crippen molar-refractivity contribution in [3.8, 4) is 11.3 Å². The predicted octanol–water partition coefficient (Wildman–Crippen LogP) is 3.67. The number of nitrogens with one attached hydrogen (secondary N) is 1. The second kappa shape index (κ2) is 8.64. The van der Waals surface area contributed by atoms with Crippen molar-refractivity contribution in [2.45, 2.75) is 32.1 Å². The van der Waals surface area contributed by atoms with Gasteiger partial charge in [-0.25, -0.2) is 0 Å². The first-order valence-electron chi connectivity index (χ1n) is 8.69. The zero-order valence-electron chi connectivity index (χ0n) is 13.9. The van der Waals surface area contributed by atoms with E-state index in [0.29, 0.717) is 30.6 Å². The molecule has 2 aromatic heterocycles. The Kier molecular flexibility index (Phi) is 6.01. The van der Waals surface area contributed by atoms with Crippen molar-refractivity contribution in [2.24, 2.45) is 5.92 Å². The van der Waals surface area contributed by atoms with Crippen LogP contribution in [0.4, 0.5) is 0 Å². The second-order valence-corrected chi connectivity index (χ2v) is 6.23. The number of hydrogen-bond acceptors (Lipinski definition) is 4. The third-order valence-corrected chi connectivity index (χ3v) is 4.40. The number of rotatable bonds is 7. The highest BCUT2D eigenvalue weighted by atomic mass is 16.5. The Bertz CT molecular complexity index is 633. The zero-order chi connectivity index (χ0) is 16.6. The molecule has 1 aliphatic rings. The van der Waals surface area contributed by atoms with Crippen LogP contribution in [-0.2, 0) is 4.74 Å². The maximum absolute atomic E-state index is 12.1. The molecule has 3 rings (SSSR count). The maximum atomic E-state index is 12.1. The SMILES string of the molecule is O=C(NCCOCC1CCCCC1)c1ccc(-c2ccncc2)o1. The Morgan fingerprint density at radius 2 is 1.96 bits per heavy atom. The molecule has 24 heavy (non-hydrogen) atoms. The summed E-state index contributed by atoms with van der Waals surface area (Å²) in [7, 11) is 0. The lowest BCUT2D eigenvalue weighted by atomic mass is 9.90. The summed E-state index contributed by atoms with van der Waals surface area (Å²) in [6, 6.07) is 7.18. The van der Waals surface area contributed by atoms with Gasteiger partial charge in [0.2, 0.25) is 0 Å². The van der Waals surface area contributed by atoms with Crippen LogP contribution < -0.4 is 5.32 Å². The summed E-state index contributed by atoms with van der Waals surface area (Å²) >= 11 is 0. The normalized spacial score (nSPS) is 15.3. The van der Waals surface area contributed by atoms with Gasteiger partial charge in [0, 0.05) is 31.1 Å². The molecule has 0 unspecified atom stereocenters. The summed E-state index contributed by atoms with van der Waals surface area (Å²) in [6.45, 7) is 1.85. The summed E-state index contributed by atoms with van der Waals surface area (Å²) in [5.74, 6) is 1.46. The Hall–Kier alpha value is -2.14. The summed E-state index contributed by atoms with van der Waals surface area (Å²) in [5.41, 5.74) is 0.903. The van der Waals surface area contributed by atoms with E-state index >= 15 is 0 Å². The van der Waals surface area contributed by atoms with Gasteiger partial charge in [-0.15, -0.1) is 0 Å². The minimum absolute atomic E-state index is 0.212. The van der Waals surface area contributed by atoms with Crippen LogP contribution in [-0.4, -0.2) is 30.6 Å². The molecule has 0 bridgehead atoms. The smallest absolute Gasteiger partial charge is 0.287 e. The quantitative estimate of drug-likeness (QED) is 0.788. The van der Waals surface area contributed by atoms with E-state index in [1.807, 2.05) is 12.1 Å². The monoisotopic (exact) mass is 328 g/mol. The molecular weight excluding hydrogens is 304 g/mol. The largest absolute Gasteiger partial charge is 0.451 e. The molecule has 1 fully saturated rings. The van der Waals surface area contributed by atoms with Gasteiger partial charge in [0.05, 0.1) is 6.61 Å². The van der Waals surface area contributed by atoms with Crippen LogP contribution in [0.1, 0.15) is 42.7 Å². The van der Waals surface area contributed by atoms with Crippen molar-refractivity contribution >= 4 is 5.91 Å². The Morgan fingerprint density at radius 1 is 1.17 bits per heavy atom. The van der Waals surface area contributed by atoms with Crippen molar-refractivity contribution in [1.29, 1.82) is 0 Å². The van der Waals surface area contributed by atoms with Crippen LogP contribution in [0.15, 0.2) is 41.1 Å². The van der Waals surface area contributed by atoms with E-state index in [2.05, 4.69) is 10.3 Å². The first-order chi connectivity index (χ1) is 11.8. The molecule has 128 valence electrons.